The lowest BCUT2D eigenvalue weighted by atomic mass is 10.2. The summed E-state index contributed by atoms with van der Waals surface area (Å²) >= 11 is 0. The van der Waals surface area contributed by atoms with E-state index in [2.05, 4.69) is 15.3 Å². The van der Waals surface area contributed by atoms with Gasteiger partial charge in [-0.1, -0.05) is 12.1 Å². The number of imidazole rings is 1. The monoisotopic (exact) mass is 254 g/mol. The van der Waals surface area contributed by atoms with Crippen molar-refractivity contribution in [2.24, 2.45) is 0 Å². The predicted octanol–water partition coefficient (Wildman–Crippen LogP) is 2.35. The van der Waals surface area contributed by atoms with Gasteiger partial charge in [0.2, 0.25) is 0 Å². The summed E-state index contributed by atoms with van der Waals surface area (Å²) < 4.78 is 7.14. The molecule has 0 aliphatic rings. The van der Waals surface area contributed by atoms with Gasteiger partial charge in [0, 0.05) is 18.9 Å². The average Bonchev–Trinajstić information content (AvgIpc) is 2.94. The lowest BCUT2D eigenvalue weighted by Crippen LogP contribution is -2.03. The van der Waals surface area contributed by atoms with Crippen molar-refractivity contribution in [3.05, 3.63) is 54.7 Å². The first-order chi connectivity index (χ1) is 9.36. The minimum atomic E-state index is 0.690. The third kappa shape index (κ3) is 2.35. The van der Waals surface area contributed by atoms with Gasteiger partial charge in [-0.3, -0.25) is 0 Å². The molecule has 0 fully saturated rings. The maximum absolute atomic E-state index is 5.21. The van der Waals surface area contributed by atoms with Crippen molar-refractivity contribution >= 4 is 11.3 Å². The fraction of sp³-hybridized carbons (Fsp3) is 0.143. The summed E-state index contributed by atoms with van der Waals surface area (Å²) in [6.45, 7) is 0.690. The Morgan fingerprint density at radius 3 is 3.21 bits per heavy atom. The molecule has 0 atom stereocenters. The van der Waals surface area contributed by atoms with Crippen LogP contribution < -0.4 is 10.1 Å². The maximum Gasteiger partial charge on any atom is 0.152 e. The van der Waals surface area contributed by atoms with Gasteiger partial charge in [-0.25, -0.2) is 9.97 Å². The number of anilines is 1. The molecule has 0 aliphatic heterocycles. The van der Waals surface area contributed by atoms with Crippen LogP contribution in [0.5, 0.6) is 5.75 Å². The first kappa shape index (κ1) is 11.5. The fourth-order valence-electron chi connectivity index (χ4n) is 1.96. The highest BCUT2D eigenvalue weighted by molar-refractivity contribution is 5.66. The van der Waals surface area contributed by atoms with Crippen LogP contribution in [0.2, 0.25) is 0 Å². The molecular formula is C14H14N4O. The molecular weight excluding hydrogens is 240 g/mol. The molecule has 0 amide bonds. The van der Waals surface area contributed by atoms with Crippen molar-refractivity contribution in [3.63, 3.8) is 0 Å². The number of fused-ring (bicyclic) bond motifs is 1. The van der Waals surface area contributed by atoms with Crippen LogP contribution in [0, 0.1) is 0 Å². The zero-order valence-electron chi connectivity index (χ0n) is 10.6. The average molecular weight is 254 g/mol. The van der Waals surface area contributed by atoms with Gasteiger partial charge in [0.1, 0.15) is 11.3 Å². The van der Waals surface area contributed by atoms with E-state index in [0.29, 0.717) is 6.54 Å². The van der Waals surface area contributed by atoms with Gasteiger partial charge in [-0.05, 0) is 17.7 Å². The second kappa shape index (κ2) is 4.97. The standard InChI is InChI=1S/C14H14N4O/c1-19-12-4-2-3-11(7-12)8-17-14-13-9-15-10-18(13)6-5-16-14/h2-7,9-10H,8H2,1H3,(H,16,17). The zero-order chi connectivity index (χ0) is 13.1. The Bertz CT molecular complexity index is 692. The SMILES string of the molecule is COc1cccc(CNc2nccn3cncc23)c1. The smallest absolute Gasteiger partial charge is 0.152 e. The van der Waals surface area contributed by atoms with E-state index in [-0.39, 0.29) is 0 Å². The van der Waals surface area contributed by atoms with Gasteiger partial charge >= 0.3 is 0 Å². The largest absolute Gasteiger partial charge is 0.497 e. The molecule has 96 valence electrons. The first-order valence-corrected chi connectivity index (χ1v) is 6.00. The third-order valence-electron chi connectivity index (χ3n) is 2.93. The van der Waals surface area contributed by atoms with Gasteiger partial charge in [-0.15, -0.1) is 0 Å². The number of aromatic nitrogens is 3. The van der Waals surface area contributed by atoms with Crippen molar-refractivity contribution in [1.82, 2.24) is 14.4 Å². The van der Waals surface area contributed by atoms with Crippen molar-refractivity contribution in [2.45, 2.75) is 6.54 Å². The molecule has 3 rings (SSSR count). The highest BCUT2D eigenvalue weighted by atomic mass is 16.5. The number of rotatable bonds is 4. The summed E-state index contributed by atoms with van der Waals surface area (Å²) in [5, 5.41) is 3.31. The zero-order valence-corrected chi connectivity index (χ0v) is 10.6. The minimum Gasteiger partial charge on any atom is -0.497 e. The van der Waals surface area contributed by atoms with E-state index in [1.807, 2.05) is 34.9 Å². The highest BCUT2D eigenvalue weighted by Gasteiger charge is 2.02. The summed E-state index contributed by atoms with van der Waals surface area (Å²) in [4.78, 5) is 8.44. The molecule has 0 saturated carbocycles. The van der Waals surface area contributed by atoms with Crippen molar-refractivity contribution in [3.8, 4) is 5.75 Å². The molecule has 5 nitrogen and oxygen atoms in total. The molecule has 2 aromatic heterocycles. The van der Waals surface area contributed by atoms with Crippen LogP contribution >= 0.6 is 0 Å². The molecule has 0 aliphatic carbocycles. The topological polar surface area (TPSA) is 51.5 Å². The molecule has 19 heavy (non-hydrogen) atoms. The lowest BCUT2D eigenvalue weighted by Gasteiger charge is -2.08. The van der Waals surface area contributed by atoms with E-state index >= 15 is 0 Å². The molecule has 2 heterocycles. The van der Waals surface area contributed by atoms with E-state index in [1.54, 1.807) is 25.8 Å². The molecule has 0 radical (unpaired) electrons. The number of nitrogens with zero attached hydrogens (tertiary/aromatic N) is 3. The summed E-state index contributed by atoms with van der Waals surface area (Å²) in [5.41, 5.74) is 2.10. The number of hydrogen-bond donors (Lipinski definition) is 1. The van der Waals surface area contributed by atoms with E-state index in [0.717, 1.165) is 22.6 Å². The van der Waals surface area contributed by atoms with Crippen LogP contribution in [0.15, 0.2) is 49.2 Å². The summed E-state index contributed by atoms with van der Waals surface area (Å²) in [6, 6.07) is 7.96. The van der Waals surface area contributed by atoms with Crippen LogP contribution in [0.4, 0.5) is 5.82 Å². The summed E-state index contributed by atoms with van der Waals surface area (Å²) in [6.07, 6.45) is 7.18. The molecule has 0 unspecified atom stereocenters. The lowest BCUT2D eigenvalue weighted by molar-refractivity contribution is 0.414. The number of hydrogen-bond acceptors (Lipinski definition) is 4. The number of ether oxygens (including phenoxy) is 1. The van der Waals surface area contributed by atoms with Crippen molar-refractivity contribution in [1.29, 1.82) is 0 Å². The highest BCUT2D eigenvalue weighted by Crippen LogP contribution is 2.16. The molecule has 1 N–H and O–H groups in total. The van der Waals surface area contributed by atoms with Crippen LogP contribution in [-0.4, -0.2) is 21.5 Å². The van der Waals surface area contributed by atoms with Crippen molar-refractivity contribution < 1.29 is 4.74 Å². The number of nitrogens with one attached hydrogen (secondary N) is 1. The van der Waals surface area contributed by atoms with Gasteiger partial charge in [0.05, 0.1) is 19.6 Å². The molecule has 1 aromatic carbocycles. The predicted molar refractivity (Wildman–Crippen MR) is 73.3 cm³/mol. The van der Waals surface area contributed by atoms with E-state index in [9.17, 15) is 0 Å². The Morgan fingerprint density at radius 1 is 1.37 bits per heavy atom. The van der Waals surface area contributed by atoms with Gasteiger partial charge in [0.25, 0.3) is 0 Å². The Morgan fingerprint density at radius 2 is 2.32 bits per heavy atom. The number of benzene rings is 1. The van der Waals surface area contributed by atoms with E-state index < -0.39 is 0 Å². The quantitative estimate of drug-likeness (QED) is 0.776. The third-order valence-corrected chi connectivity index (χ3v) is 2.93. The molecule has 0 spiro atoms. The van der Waals surface area contributed by atoms with Gasteiger partial charge in [-0.2, -0.15) is 0 Å². The Balaban J connectivity index is 1.80. The Labute approximate surface area is 110 Å². The molecule has 5 heteroatoms. The first-order valence-electron chi connectivity index (χ1n) is 6.00. The van der Waals surface area contributed by atoms with Crippen LogP contribution in [-0.2, 0) is 6.54 Å². The summed E-state index contributed by atoms with van der Waals surface area (Å²) in [5.74, 6) is 1.68. The minimum absolute atomic E-state index is 0.690. The van der Waals surface area contributed by atoms with E-state index in [4.69, 9.17) is 4.74 Å². The summed E-state index contributed by atoms with van der Waals surface area (Å²) in [7, 11) is 1.67. The van der Waals surface area contributed by atoms with Crippen molar-refractivity contribution in [2.75, 3.05) is 12.4 Å². The van der Waals surface area contributed by atoms with Gasteiger partial charge < -0.3 is 14.5 Å². The second-order valence-electron chi connectivity index (χ2n) is 4.17. The molecule has 0 bridgehead atoms. The normalized spacial score (nSPS) is 10.6. The van der Waals surface area contributed by atoms with Crippen LogP contribution in [0.1, 0.15) is 5.56 Å². The molecule has 0 saturated heterocycles. The number of methoxy groups -OCH3 is 1. The second-order valence-corrected chi connectivity index (χ2v) is 4.17. The van der Waals surface area contributed by atoms with Gasteiger partial charge in [0.15, 0.2) is 5.82 Å². The molecule has 3 aromatic rings. The Hall–Kier alpha value is -2.56. The van der Waals surface area contributed by atoms with E-state index in [1.165, 1.54) is 0 Å². The van der Waals surface area contributed by atoms with Crippen LogP contribution in [0.25, 0.3) is 5.52 Å². The fourth-order valence-corrected chi connectivity index (χ4v) is 1.96. The maximum atomic E-state index is 5.21. The van der Waals surface area contributed by atoms with Crippen LogP contribution in [0.3, 0.4) is 0 Å². The Kier molecular flexibility index (Phi) is 3.02.